The number of hydrogen-bond acceptors (Lipinski definition) is 3. The molecule has 1 aromatic heterocycles. The van der Waals surface area contributed by atoms with Gasteiger partial charge in [0.1, 0.15) is 0 Å². The molecule has 0 aliphatic carbocycles. The second kappa shape index (κ2) is 9.96. The molecular formula is C25H32N4O2. The van der Waals surface area contributed by atoms with Gasteiger partial charge in [-0.05, 0) is 68.0 Å². The first-order valence-electron chi connectivity index (χ1n) is 11.4. The lowest BCUT2D eigenvalue weighted by atomic mass is 10.0. The maximum Gasteiger partial charge on any atom is 0.323 e. The van der Waals surface area contributed by atoms with Crippen LogP contribution in [0.4, 0.5) is 0 Å². The molecule has 31 heavy (non-hydrogen) atoms. The highest BCUT2D eigenvalue weighted by Crippen LogP contribution is 2.21. The number of imidazole rings is 1. The molecule has 1 unspecified atom stereocenters. The molecule has 0 saturated carbocycles. The van der Waals surface area contributed by atoms with Gasteiger partial charge in [0.25, 0.3) is 0 Å². The molecule has 1 aliphatic heterocycles. The van der Waals surface area contributed by atoms with E-state index in [4.69, 9.17) is 0 Å². The lowest BCUT2D eigenvalue weighted by Crippen LogP contribution is -2.37. The van der Waals surface area contributed by atoms with Crippen molar-refractivity contribution in [2.45, 2.75) is 64.6 Å². The SMILES string of the molecule is CC1CCCCN1Cc1ccccc1CNC(=O)CCCc1ccc2[nH]c(=O)[nH]c2c1. The van der Waals surface area contributed by atoms with E-state index in [-0.39, 0.29) is 11.6 Å². The molecule has 2 heterocycles. The predicted molar refractivity (Wildman–Crippen MR) is 124 cm³/mol. The normalized spacial score (nSPS) is 17.1. The minimum atomic E-state index is -0.193. The number of amides is 1. The lowest BCUT2D eigenvalue weighted by Gasteiger charge is -2.33. The molecule has 1 amide bonds. The third-order valence-electron chi connectivity index (χ3n) is 6.36. The van der Waals surface area contributed by atoms with Gasteiger partial charge in [-0.25, -0.2) is 4.79 Å². The van der Waals surface area contributed by atoms with Crippen LogP contribution in [-0.4, -0.2) is 33.4 Å². The van der Waals surface area contributed by atoms with E-state index >= 15 is 0 Å². The van der Waals surface area contributed by atoms with Crippen LogP contribution in [0, 0.1) is 0 Å². The molecule has 2 aromatic carbocycles. The minimum absolute atomic E-state index is 0.0808. The fraction of sp³-hybridized carbons (Fsp3) is 0.440. The van der Waals surface area contributed by atoms with Crippen LogP contribution >= 0.6 is 0 Å². The standard InChI is InChI=1S/C25H32N4O2/c1-18-7-4-5-14-29(18)17-21-10-3-2-9-20(21)16-26-24(30)11-6-8-19-12-13-22-23(15-19)28-25(31)27-22/h2-3,9-10,12-13,15,18H,4-8,11,14,16-17H2,1H3,(H,26,30)(H2,27,28,31). The Bertz CT molecular complexity index is 1080. The number of H-pyrrole nitrogens is 2. The van der Waals surface area contributed by atoms with Gasteiger partial charge in [0.2, 0.25) is 5.91 Å². The molecule has 0 bridgehead atoms. The maximum atomic E-state index is 12.4. The number of piperidine rings is 1. The van der Waals surface area contributed by atoms with Crippen LogP contribution in [0.15, 0.2) is 47.3 Å². The van der Waals surface area contributed by atoms with Crippen molar-refractivity contribution in [3.63, 3.8) is 0 Å². The molecule has 4 rings (SSSR count). The van der Waals surface area contributed by atoms with Crippen LogP contribution < -0.4 is 11.0 Å². The van der Waals surface area contributed by atoms with Gasteiger partial charge >= 0.3 is 5.69 Å². The summed E-state index contributed by atoms with van der Waals surface area (Å²) in [6.45, 7) is 5.00. The molecule has 3 N–H and O–H groups in total. The fourth-order valence-electron chi connectivity index (χ4n) is 4.47. The smallest absolute Gasteiger partial charge is 0.323 e. The average Bonchev–Trinajstić information content (AvgIpc) is 3.14. The number of carbonyl (C=O) groups excluding carboxylic acids is 1. The van der Waals surface area contributed by atoms with Gasteiger partial charge in [-0.1, -0.05) is 36.8 Å². The Morgan fingerprint density at radius 3 is 2.74 bits per heavy atom. The number of benzene rings is 2. The summed E-state index contributed by atoms with van der Waals surface area (Å²) in [5, 5.41) is 3.10. The molecule has 1 aliphatic rings. The zero-order valence-corrected chi connectivity index (χ0v) is 18.2. The quantitative estimate of drug-likeness (QED) is 0.517. The fourth-order valence-corrected chi connectivity index (χ4v) is 4.47. The average molecular weight is 421 g/mol. The minimum Gasteiger partial charge on any atom is -0.352 e. The van der Waals surface area contributed by atoms with Crippen molar-refractivity contribution in [3.8, 4) is 0 Å². The van der Waals surface area contributed by atoms with Gasteiger partial charge in [-0.15, -0.1) is 0 Å². The molecule has 6 nitrogen and oxygen atoms in total. The summed E-state index contributed by atoms with van der Waals surface area (Å²) < 4.78 is 0. The highest BCUT2D eigenvalue weighted by molar-refractivity contribution is 5.76. The Morgan fingerprint density at radius 1 is 1.10 bits per heavy atom. The Labute approximate surface area is 183 Å². The molecule has 3 aromatic rings. The van der Waals surface area contributed by atoms with Crippen molar-refractivity contribution < 1.29 is 4.79 Å². The molecule has 0 spiro atoms. The van der Waals surface area contributed by atoms with E-state index in [0.29, 0.717) is 19.0 Å². The van der Waals surface area contributed by atoms with E-state index in [2.05, 4.69) is 45.3 Å². The number of nitrogens with zero attached hydrogens (tertiary/aromatic N) is 1. The zero-order valence-electron chi connectivity index (χ0n) is 18.2. The number of fused-ring (bicyclic) bond motifs is 1. The monoisotopic (exact) mass is 420 g/mol. The number of carbonyl (C=O) groups is 1. The van der Waals surface area contributed by atoms with E-state index in [1.165, 1.54) is 30.4 Å². The summed E-state index contributed by atoms with van der Waals surface area (Å²) in [7, 11) is 0. The van der Waals surface area contributed by atoms with Gasteiger partial charge in [0.15, 0.2) is 0 Å². The number of likely N-dealkylation sites (tertiary alicyclic amines) is 1. The second-order valence-corrected chi connectivity index (χ2v) is 8.67. The molecule has 1 fully saturated rings. The topological polar surface area (TPSA) is 81.0 Å². The molecule has 6 heteroatoms. The van der Waals surface area contributed by atoms with Gasteiger partial charge < -0.3 is 15.3 Å². The summed E-state index contributed by atoms with van der Waals surface area (Å²) in [6, 6.07) is 14.9. The number of hydrogen-bond donors (Lipinski definition) is 3. The van der Waals surface area contributed by atoms with Gasteiger partial charge in [-0.3, -0.25) is 9.69 Å². The van der Waals surface area contributed by atoms with Crippen LogP contribution in [0.25, 0.3) is 11.0 Å². The van der Waals surface area contributed by atoms with Crippen LogP contribution in [-0.2, 0) is 24.3 Å². The molecule has 1 saturated heterocycles. The van der Waals surface area contributed by atoms with Crippen molar-refractivity contribution >= 4 is 16.9 Å². The number of aryl methyl sites for hydroxylation is 1. The zero-order chi connectivity index (χ0) is 21.6. The Morgan fingerprint density at radius 2 is 1.90 bits per heavy atom. The number of nitrogens with one attached hydrogen (secondary N) is 3. The summed E-state index contributed by atoms with van der Waals surface area (Å²) in [5.74, 6) is 0.0808. The van der Waals surface area contributed by atoms with Crippen molar-refractivity contribution in [1.29, 1.82) is 0 Å². The van der Waals surface area contributed by atoms with Gasteiger partial charge in [0.05, 0.1) is 11.0 Å². The predicted octanol–water partition coefficient (Wildman–Crippen LogP) is 3.87. The highest BCUT2D eigenvalue weighted by Gasteiger charge is 2.19. The van der Waals surface area contributed by atoms with Gasteiger partial charge in [-0.2, -0.15) is 0 Å². The summed E-state index contributed by atoms with van der Waals surface area (Å²) in [6.07, 6.45) is 5.95. The summed E-state index contributed by atoms with van der Waals surface area (Å²) in [4.78, 5) is 31.9. The van der Waals surface area contributed by atoms with Crippen molar-refractivity contribution in [2.24, 2.45) is 0 Å². The Kier molecular flexibility index (Phi) is 6.87. The van der Waals surface area contributed by atoms with E-state index in [1.54, 1.807) is 0 Å². The number of aromatic nitrogens is 2. The first-order valence-corrected chi connectivity index (χ1v) is 11.4. The molecule has 0 radical (unpaired) electrons. The van der Waals surface area contributed by atoms with Crippen LogP contribution in [0.3, 0.4) is 0 Å². The first-order chi connectivity index (χ1) is 15.1. The number of aromatic amines is 2. The van der Waals surface area contributed by atoms with E-state index in [0.717, 1.165) is 42.5 Å². The third-order valence-corrected chi connectivity index (χ3v) is 6.36. The van der Waals surface area contributed by atoms with E-state index < -0.39 is 0 Å². The van der Waals surface area contributed by atoms with Crippen molar-refractivity contribution in [1.82, 2.24) is 20.2 Å². The van der Waals surface area contributed by atoms with E-state index in [1.807, 2.05) is 24.3 Å². The molecule has 1 atom stereocenters. The van der Waals surface area contributed by atoms with Crippen LogP contribution in [0.2, 0.25) is 0 Å². The van der Waals surface area contributed by atoms with Crippen molar-refractivity contribution in [3.05, 3.63) is 69.6 Å². The Balaban J connectivity index is 1.26. The Hall–Kier alpha value is -2.86. The van der Waals surface area contributed by atoms with Gasteiger partial charge in [0, 0.05) is 25.6 Å². The summed E-state index contributed by atoms with van der Waals surface area (Å²) >= 11 is 0. The lowest BCUT2D eigenvalue weighted by molar-refractivity contribution is -0.121. The number of rotatable bonds is 8. The third kappa shape index (κ3) is 5.64. The second-order valence-electron chi connectivity index (χ2n) is 8.67. The maximum absolute atomic E-state index is 12.4. The van der Waals surface area contributed by atoms with Crippen LogP contribution in [0.5, 0.6) is 0 Å². The van der Waals surface area contributed by atoms with Crippen molar-refractivity contribution in [2.75, 3.05) is 6.54 Å². The molecular weight excluding hydrogens is 388 g/mol. The highest BCUT2D eigenvalue weighted by atomic mass is 16.1. The largest absolute Gasteiger partial charge is 0.352 e. The summed E-state index contributed by atoms with van der Waals surface area (Å²) in [5.41, 5.74) is 5.06. The van der Waals surface area contributed by atoms with E-state index in [9.17, 15) is 9.59 Å². The van der Waals surface area contributed by atoms with Crippen LogP contribution in [0.1, 0.15) is 55.7 Å². The first kappa shape index (κ1) is 21.4. The molecule has 164 valence electrons.